The van der Waals surface area contributed by atoms with Crippen LogP contribution in [0.5, 0.6) is 0 Å². The van der Waals surface area contributed by atoms with E-state index in [0.29, 0.717) is 5.76 Å². The zero-order valence-corrected chi connectivity index (χ0v) is 15.1. The number of hydrogen-bond acceptors (Lipinski definition) is 4. The van der Waals surface area contributed by atoms with Crippen molar-refractivity contribution in [3.05, 3.63) is 34.8 Å². The maximum absolute atomic E-state index is 12.9. The molecule has 24 heavy (non-hydrogen) atoms. The third-order valence-corrected chi connectivity index (χ3v) is 6.08. The number of furan rings is 1. The summed E-state index contributed by atoms with van der Waals surface area (Å²) in [6, 6.07) is 0. The second-order valence-corrected chi connectivity index (χ2v) is 7.50. The Labute approximate surface area is 143 Å². The summed E-state index contributed by atoms with van der Waals surface area (Å²) < 4.78 is 11.6. The molecular weight excluding hydrogens is 304 g/mol. The van der Waals surface area contributed by atoms with Crippen LogP contribution in [0, 0.1) is 24.2 Å². The van der Waals surface area contributed by atoms with Crippen LogP contribution in [-0.4, -0.2) is 11.8 Å². The topological polar surface area (TPSA) is 56.5 Å². The highest BCUT2D eigenvalue weighted by Gasteiger charge is 2.55. The first-order valence-electron chi connectivity index (χ1n) is 8.86. The second kappa shape index (κ2) is 5.91. The quantitative estimate of drug-likeness (QED) is 0.749. The number of rotatable bonds is 3. The predicted octanol–water partition coefficient (Wildman–Crippen LogP) is 4.78. The zero-order chi connectivity index (χ0) is 17.6. The first-order chi connectivity index (χ1) is 11.3. The molecule has 0 N–H and O–H groups in total. The molecule has 0 amide bonds. The first-order valence-corrected chi connectivity index (χ1v) is 8.86. The minimum Gasteiger partial charge on any atom is -0.460 e. The SMILES string of the molecule is CC[C@@H](C)C(=O)O[C@@H]1c2c(C)coc2C(=O)C2=CCC[C@H](C)[C@]21C. The smallest absolute Gasteiger partial charge is 0.309 e. The van der Waals surface area contributed by atoms with Gasteiger partial charge in [-0.15, -0.1) is 0 Å². The number of esters is 1. The standard InChI is InChI=1S/C20H26O4/c1-6-11(2)19(22)24-18-15-12(3)10-23-17(15)16(21)14-9-7-8-13(4)20(14,18)5/h9-11,13,18H,6-8H2,1-5H3/t11-,13+,18-,20-/m1/s1. The van der Waals surface area contributed by atoms with Gasteiger partial charge < -0.3 is 9.15 Å². The fourth-order valence-corrected chi connectivity index (χ4v) is 3.96. The number of hydrogen-bond donors (Lipinski definition) is 0. The molecule has 0 saturated carbocycles. The van der Waals surface area contributed by atoms with Gasteiger partial charge in [-0.2, -0.15) is 0 Å². The molecule has 0 radical (unpaired) electrons. The van der Waals surface area contributed by atoms with Crippen LogP contribution < -0.4 is 0 Å². The highest BCUT2D eigenvalue weighted by atomic mass is 16.5. The molecule has 1 heterocycles. The van der Waals surface area contributed by atoms with Gasteiger partial charge in [0.1, 0.15) is 6.10 Å². The summed E-state index contributed by atoms with van der Waals surface area (Å²) in [5.41, 5.74) is 1.87. The molecule has 0 saturated heterocycles. The Balaban J connectivity index is 2.15. The average Bonchev–Trinajstić information content (AvgIpc) is 2.94. The molecule has 4 atom stereocenters. The number of fused-ring (bicyclic) bond motifs is 2. The molecule has 2 aliphatic rings. The molecule has 0 aromatic carbocycles. The molecular formula is C20H26O4. The predicted molar refractivity (Wildman–Crippen MR) is 90.7 cm³/mol. The van der Waals surface area contributed by atoms with Gasteiger partial charge in [-0.1, -0.05) is 33.8 Å². The van der Waals surface area contributed by atoms with Gasteiger partial charge in [-0.25, -0.2) is 0 Å². The van der Waals surface area contributed by atoms with Gasteiger partial charge in [0.15, 0.2) is 5.76 Å². The molecule has 0 spiro atoms. The van der Waals surface area contributed by atoms with E-state index < -0.39 is 11.5 Å². The van der Waals surface area contributed by atoms with Gasteiger partial charge in [-0.3, -0.25) is 9.59 Å². The Hall–Kier alpha value is -1.84. The van der Waals surface area contributed by atoms with Gasteiger partial charge in [0.2, 0.25) is 5.78 Å². The summed E-state index contributed by atoms with van der Waals surface area (Å²) in [6.07, 6.45) is 5.73. The lowest BCUT2D eigenvalue weighted by Gasteiger charge is -2.47. The third-order valence-electron chi connectivity index (χ3n) is 6.08. The van der Waals surface area contributed by atoms with Gasteiger partial charge in [0, 0.05) is 16.6 Å². The molecule has 3 rings (SSSR count). The number of ether oxygens (including phenoxy) is 1. The van der Waals surface area contributed by atoms with Gasteiger partial charge in [-0.05, 0) is 37.7 Å². The van der Waals surface area contributed by atoms with Crippen molar-refractivity contribution in [2.45, 2.75) is 60.0 Å². The molecule has 0 fully saturated rings. The Kier molecular flexibility index (Phi) is 4.18. The van der Waals surface area contributed by atoms with E-state index in [9.17, 15) is 9.59 Å². The van der Waals surface area contributed by atoms with Crippen LogP contribution in [0.25, 0.3) is 0 Å². The Morgan fingerprint density at radius 2 is 2.21 bits per heavy atom. The van der Waals surface area contributed by atoms with Crippen molar-refractivity contribution in [2.75, 3.05) is 0 Å². The normalized spacial score (nSPS) is 30.2. The molecule has 0 bridgehead atoms. The molecule has 4 heteroatoms. The van der Waals surface area contributed by atoms with Crippen molar-refractivity contribution < 1.29 is 18.7 Å². The monoisotopic (exact) mass is 330 g/mol. The maximum atomic E-state index is 12.9. The van der Waals surface area contributed by atoms with Crippen LogP contribution in [0.4, 0.5) is 0 Å². The van der Waals surface area contributed by atoms with Gasteiger partial charge >= 0.3 is 5.97 Å². The Morgan fingerprint density at radius 1 is 1.50 bits per heavy atom. The molecule has 1 aromatic heterocycles. The largest absolute Gasteiger partial charge is 0.460 e. The van der Waals surface area contributed by atoms with Crippen LogP contribution in [0.15, 0.2) is 22.3 Å². The highest BCUT2D eigenvalue weighted by Crippen LogP contribution is 2.57. The van der Waals surface area contributed by atoms with E-state index in [1.807, 2.05) is 26.8 Å². The molecule has 1 aromatic rings. The van der Waals surface area contributed by atoms with E-state index in [4.69, 9.17) is 9.15 Å². The zero-order valence-electron chi connectivity index (χ0n) is 15.1. The lowest BCUT2D eigenvalue weighted by molar-refractivity contribution is -0.162. The van der Waals surface area contributed by atoms with Crippen LogP contribution in [0.2, 0.25) is 0 Å². The van der Waals surface area contributed by atoms with Crippen molar-refractivity contribution >= 4 is 11.8 Å². The highest BCUT2D eigenvalue weighted by molar-refractivity contribution is 6.10. The van der Waals surface area contributed by atoms with Crippen LogP contribution in [-0.2, 0) is 9.53 Å². The molecule has 2 aliphatic carbocycles. The Morgan fingerprint density at radius 3 is 2.88 bits per heavy atom. The average molecular weight is 330 g/mol. The van der Waals surface area contributed by atoms with Crippen molar-refractivity contribution in [3.8, 4) is 0 Å². The molecule has 4 nitrogen and oxygen atoms in total. The summed E-state index contributed by atoms with van der Waals surface area (Å²) in [5.74, 6) is 0.170. The summed E-state index contributed by atoms with van der Waals surface area (Å²) in [5, 5.41) is 0. The van der Waals surface area contributed by atoms with E-state index in [-0.39, 0.29) is 23.6 Å². The minimum absolute atomic E-state index is 0.0528. The van der Waals surface area contributed by atoms with Crippen molar-refractivity contribution in [1.29, 1.82) is 0 Å². The number of Topliss-reactive ketones (excluding diaryl/α,β-unsaturated/α-hetero) is 1. The van der Waals surface area contributed by atoms with Crippen molar-refractivity contribution in [2.24, 2.45) is 17.3 Å². The third kappa shape index (κ3) is 2.27. The second-order valence-electron chi connectivity index (χ2n) is 7.50. The van der Waals surface area contributed by atoms with Crippen molar-refractivity contribution in [1.82, 2.24) is 0 Å². The fraction of sp³-hybridized carbons (Fsp3) is 0.600. The van der Waals surface area contributed by atoms with E-state index in [2.05, 4.69) is 13.8 Å². The van der Waals surface area contributed by atoms with E-state index >= 15 is 0 Å². The summed E-state index contributed by atoms with van der Waals surface area (Å²) in [6.45, 7) is 9.96. The van der Waals surface area contributed by atoms with Gasteiger partial charge in [0.25, 0.3) is 0 Å². The van der Waals surface area contributed by atoms with E-state index in [1.54, 1.807) is 6.26 Å². The Bertz CT molecular complexity index is 711. The fourth-order valence-electron chi connectivity index (χ4n) is 3.96. The van der Waals surface area contributed by atoms with E-state index in [0.717, 1.165) is 36.0 Å². The van der Waals surface area contributed by atoms with E-state index in [1.165, 1.54) is 0 Å². The molecule has 130 valence electrons. The van der Waals surface area contributed by atoms with Crippen LogP contribution in [0.1, 0.15) is 74.7 Å². The molecule has 0 aliphatic heterocycles. The maximum Gasteiger partial charge on any atom is 0.309 e. The number of ketones is 1. The van der Waals surface area contributed by atoms with Crippen LogP contribution >= 0.6 is 0 Å². The summed E-state index contributed by atoms with van der Waals surface area (Å²) >= 11 is 0. The summed E-state index contributed by atoms with van der Waals surface area (Å²) in [4.78, 5) is 25.5. The van der Waals surface area contributed by atoms with Crippen molar-refractivity contribution in [3.63, 3.8) is 0 Å². The van der Waals surface area contributed by atoms with Crippen LogP contribution in [0.3, 0.4) is 0 Å². The molecule has 0 unspecified atom stereocenters. The minimum atomic E-state index is -0.500. The number of carbonyl (C=O) groups is 2. The lowest BCUT2D eigenvalue weighted by Crippen LogP contribution is -2.45. The summed E-state index contributed by atoms with van der Waals surface area (Å²) in [7, 11) is 0. The van der Waals surface area contributed by atoms with Gasteiger partial charge in [0.05, 0.1) is 12.2 Å². The first kappa shape index (κ1) is 17.0. The lowest BCUT2D eigenvalue weighted by atomic mass is 9.58. The number of allylic oxidation sites excluding steroid dienone is 1. The number of aryl methyl sites for hydroxylation is 1. The number of carbonyl (C=O) groups excluding carboxylic acids is 2.